The third-order valence-electron chi connectivity index (χ3n) is 15.3. The second-order valence-corrected chi connectivity index (χ2v) is 22.7. The highest BCUT2D eigenvalue weighted by atomic mass is 16.6. The van der Waals surface area contributed by atoms with E-state index in [4.69, 9.17) is 14.2 Å². The summed E-state index contributed by atoms with van der Waals surface area (Å²) in [5, 5.41) is 0. The SMILES string of the molecule is CCCCCCCCCC/C=C\CCCCCCCCCCCCCC(=O)OC(COC(=O)CCCCCCCCCC)COC(=O)CCCCCCCCCCCCCCCCCCCCCCCCCC. The molecule has 0 bridgehead atoms. The molecule has 0 aliphatic carbocycles. The van der Waals surface area contributed by atoms with Crippen molar-refractivity contribution >= 4 is 17.9 Å². The van der Waals surface area contributed by atoms with Crippen molar-refractivity contribution in [1.29, 1.82) is 0 Å². The van der Waals surface area contributed by atoms with E-state index >= 15 is 0 Å². The lowest BCUT2D eigenvalue weighted by Crippen LogP contribution is -2.30. The van der Waals surface area contributed by atoms with Gasteiger partial charge in [-0.15, -0.1) is 0 Å². The van der Waals surface area contributed by atoms with E-state index in [1.54, 1.807) is 0 Å². The molecule has 0 N–H and O–H groups in total. The van der Waals surface area contributed by atoms with Crippen molar-refractivity contribution in [1.82, 2.24) is 0 Å². The van der Waals surface area contributed by atoms with Gasteiger partial charge in [-0.1, -0.05) is 328 Å². The highest BCUT2D eigenvalue weighted by Gasteiger charge is 2.19. The fourth-order valence-corrected chi connectivity index (χ4v) is 10.3. The molecule has 1 unspecified atom stereocenters. The first kappa shape index (κ1) is 71.2. The van der Waals surface area contributed by atoms with Crippen molar-refractivity contribution in [2.24, 2.45) is 0 Å². The number of carbonyl (C=O) groups is 3. The van der Waals surface area contributed by atoms with Crippen molar-refractivity contribution in [2.75, 3.05) is 13.2 Å². The van der Waals surface area contributed by atoms with E-state index in [0.717, 1.165) is 57.8 Å². The smallest absolute Gasteiger partial charge is 0.306 e. The first-order chi connectivity index (χ1) is 36.0. The minimum Gasteiger partial charge on any atom is -0.462 e. The Hall–Kier alpha value is -1.85. The number of unbranched alkanes of at least 4 members (excludes halogenated alkanes) is 49. The molecule has 0 amide bonds. The van der Waals surface area contributed by atoms with E-state index in [1.165, 1.54) is 283 Å². The standard InChI is InChI=1S/C67H128O6/c1-4-7-10-13-16-19-21-23-25-27-29-31-33-35-36-38-40-42-44-46-48-51-54-57-60-66(69)72-63-64(62-71-65(68)59-56-53-50-18-15-12-9-6-3)73-67(70)61-58-55-52-49-47-45-43-41-39-37-34-32-30-28-26-24-22-20-17-14-11-8-5-2/h28,30,64H,4-27,29,31-63H2,1-3H3/b30-28-. The molecule has 0 aliphatic heterocycles. The minimum absolute atomic E-state index is 0.0640. The highest BCUT2D eigenvalue weighted by molar-refractivity contribution is 5.71. The molecule has 0 saturated heterocycles. The van der Waals surface area contributed by atoms with Crippen LogP contribution in [0.25, 0.3) is 0 Å². The summed E-state index contributed by atoms with van der Waals surface area (Å²) in [6.07, 6.45) is 73.9. The van der Waals surface area contributed by atoms with Crippen LogP contribution in [0.15, 0.2) is 12.2 Å². The van der Waals surface area contributed by atoms with Gasteiger partial charge in [-0.2, -0.15) is 0 Å². The van der Waals surface area contributed by atoms with Gasteiger partial charge in [0.2, 0.25) is 0 Å². The zero-order chi connectivity index (χ0) is 52.9. The molecule has 0 aliphatic rings. The van der Waals surface area contributed by atoms with Gasteiger partial charge in [0, 0.05) is 19.3 Å². The Kier molecular flexibility index (Phi) is 61.1. The summed E-state index contributed by atoms with van der Waals surface area (Å²) >= 11 is 0. The minimum atomic E-state index is -0.765. The average molecular weight is 1030 g/mol. The van der Waals surface area contributed by atoms with Crippen LogP contribution in [0.3, 0.4) is 0 Å². The molecule has 1 atom stereocenters. The van der Waals surface area contributed by atoms with Gasteiger partial charge in [0.15, 0.2) is 6.10 Å². The molecule has 6 nitrogen and oxygen atoms in total. The normalized spacial score (nSPS) is 12.0. The molecule has 0 aromatic heterocycles. The lowest BCUT2D eigenvalue weighted by atomic mass is 10.0. The fourth-order valence-electron chi connectivity index (χ4n) is 10.3. The third kappa shape index (κ3) is 60.9. The maximum absolute atomic E-state index is 12.9. The van der Waals surface area contributed by atoms with E-state index in [1.807, 2.05) is 0 Å². The molecule has 0 aromatic carbocycles. The summed E-state index contributed by atoms with van der Waals surface area (Å²) in [6, 6.07) is 0. The zero-order valence-electron chi connectivity index (χ0n) is 49.7. The van der Waals surface area contributed by atoms with Crippen molar-refractivity contribution in [3.05, 3.63) is 12.2 Å². The van der Waals surface area contributed by atoms with Crippen molar-refractivity contribution in [2.45, 2.75) is 386 Å². The number of esters is 3. The van der Waals surface area contributed by atoms with Gasteiger partial charge in [0.25, 0.3) is 0 Å². The Morgan fingerprint density at radius 2 is 0.452 bits per heavy atom. The maximum atomic E-state index is 12.9. The molecule has 0 saturated carbocycles. The Balaban J connectivity index is 4.09. The first-order valence-electron chi connectivity index (χ1n) is 33.2. The average Bonchev–Trinajstić information content (AvgIpc) is 3.39. The van der Waals surface area contributed by atoms with Crippen molar-refractivity contribution in [3.8, 4) is 0 Å². The zero-order valence-corrected chi connectivity index (χ0v) is 49.7. The van der Waals surface area contributed by atoms with E-state index in [0.29, 0.717) is 19.3 Å². The molecular weight excluding hydrogens is 901 g/mol. The summed E-state index contributed by atoms with van der Waals surface area (Å²) in [5.41, 5.74) is 0. The Bertz CT molecular complexity index is 1130. The largest absolute Gasteiger partial charge is 0.462 e. The van der Waals surface area contributed by atoms with Crippen molar-refractivity contribution in [3.63, 3.8) is 0 Å². The van der Waals surface area contributed by atoms with Crippen molar-refractivity contribution < 1.29 is 28.6 Å². The van der Waals surface area contributed by atoms with E-state index in [9.17, 15) is 14.4 Å². The predicted octanol–water partition coefficient (Wildman–Crippen LogP) is 22.4. The molecule has 0 rings (SSSR count). The summed E-state index contributed by atoms with van der Waals surface area (Å²) < 4.78 is 16.9. The molecular formula is C67H128O6. The van der Waals surface area contributed by atoms with E-state index in [2.05, 4.69) is 32.9 Å². The monoisotopic (exact) mass is 1030 g/mol. The van der Waals surface area contributed by atoms with Gasteiger partial charge in [-0.25, -0.2) is 0 Å². The van der Waals surface area contributed by atoms with Gasteiger partial charge < -0.3 is 14.2 Å². The number of hydrogen-bond donors (Lipinski definition) is 0. The number of ether oxygens (including phenoxy) is 3. The lowest BCUT2D eigenvalue weighted by Gasteiger charge is -2.18. The van der Waals surface area contributed by atoms with Gasteiger partial charge in [-0.3, -0.25) is 14.4 Å². The van der Waals surface area contributed by atoms with Gasteiger partial charge in [0.05, 0.1) is 0 Å². The van der Waals surface area contributed by atoms with E-state index < -0.39 is 6.10 Å². The Morgan fingerprint density at radius 3 is 0.685 bits per heavy atom. The molecule has 73 heavy (non-hydrogen) atoms. The number of hydrogen-bond acceptors (Lipinski definition) is 6. The summed E-state index contributed by atoms with van der Waals surface area (Å²) in [7, 11) is 0. The molecule has 0 radical (unpaired) electrons. The van der Waals surface area contributed by atoms with Crippen LogP contribution in [0.4, 0.5) is 0 Å². The van der Waals surface area contributed by atoms with Crippen LogP contribution >= 0.6 is 0 Å². The molecule has 432 valence electrons. The molecule has 6 heteroatoms. The van der Waals surface area contributed by atoms with E-state index in [-0.39, 0.29) is 31.1 Å². The Morgan fingerprint density at radius 1 is 0.260 bits per heavy atom. The second kappa shape index (κ2) is 62.7. The number of allylic oxidation sites excluding steroid dienone is 2. The summed E-state index contributed by atoms with van der Waals surface area (Å²) in [6.45, 7) is 6.69. The number of carbonyl (C=O) groups excluding carboxylic acids is 3. The third-order valence-corrected chi connectivity index (χ3v) is 15.3. The van der Waals surface area contributed by atoms with Gasteiger partial charge in [-0.05, 0) is 44.9 Å². The molecule has 0 fully saturated rings. The first-order valence-corrected chi connectivity index (χ1v) is 33.2. The van der Waals surface area contributed by atoms with Gasteiger partial charge in [0.1, 0.15) is 13.2 Å². The maximum Gasteiger partial charge on any atom is 0.306 e. The quantitative estimate of drug-likeness (QED) is 0.0261. The topological polar surface area (TPSA) is 78.9 Å². The predicted molar refractivity (Wildman–Crippen MR) is 317 cm³/mol. The number of rotatable bonds is 62. The van der Waals surface area contributed by atoms with Gasteiger partial charge >= 0.3 is 17.9 Å². The second-order valence-electron chi connectivity index (χ2n) is 22.7. The van der Waals surface area contributed by atoms with Crippen LogP contribution in [0.5, 0.6) is 0 Å². The summed E-state index contributed by atoms with van der Waals surface area (Å²) in [5.74, 6) is -0.840. The molecule has 0 spiro atoms. The van der Waals surface area contributed by atoms with Crippen LogP contribution in [0, 0.1) is 0 Å². The molecule has 0 aromatic rings. The van der Waals surface area contributed by atoms with Crippen LogP contribution in [-0.2, 0) is 28.6 Å². The molecule has 0 heterocycles. The van der Waals surface area contributed by atoms with Crippen LogP contribution in [-0.4, -0.2) is 37.2 Å². The van der Waals surface area contributed by atoms with Crippen LogP contribution in [0.2, 0.25) is 0 Å². The summed E-state index contributed by atoms with van der Waals surface area (Å²) in [4.78, 5) is 38.2. The van der Waals surface area contributed by atoms with Crippen LogP contribution < -0.4 is 0 Å². The Labute approximate surface area is 456 Å². The van der Waals surface area contributed by atoms with Crippen LogP contribution in [0.1, 0.15) is 380 Å². The highest BCUT2D eigenvalue weighted by Crippen LogP contribution is 2.18. The lowest BCUT2D eigenvalue weighted by molar-refractivity contribution is -0.167. The fraction of sp³-hybridized carbons (Fsp3) is 0.925.